The number of amides is 1. The number of hydrogen-bond donors (Lipinski definition) is 1. The first-order chi connectivity index (χ1) is 10.4. The van der Waals surface area contributed by atoms with Gasteiger partial charge in [0, 0.05) is 13.0 Å². The lowest BCUT2D eigenvalue weighted by Crippen LogP contribution is -2.43. The summed E-state index contributed by atoms with van der Waals surface area (Å²) in [5, 5.41) is 2.30. The second kappa shape index (κ2) is 5.28. The quantitative estimate of drug-likeness (QED) is 0.921. The Labute approximate surface area is 125 Å². The first-order valence-electron chi connectivity index (χ1n) is 6.98. The number of rotatable bonds is 2. The molecule has 1 heterocycles. The van der Waals surface area contributed by atoms with Crippen LogP contribution in [0.5, 0.6) is 0 Å². The first-order valence-corrected chi connectivity index (χ1v) is 6.98. The van der Waals surface area contributed by atoms with Gasteiger partial charge in [0.1, 0.15) is 0 Å². The molecule has 0 radical (unpaired) electrons. The fraction of sp³-hybridized carbons (Fsp3) is 0.312. The van der Waals surface area contributed by atoms with Gasteiger partial charge in [-0.1, -0.05) is 42.0 Å². The number of nitrogens with zero attached hydrogens (tertiary/aromatic N) is 1. The van der Waals surface area contributed by atoms with E-state index >= 15 is 0 Å². The van der Waals surface area contributed by atoms with Crippen LogP contribution in [0.3, 0.4) is 0 Å². The van der Waals surface area contributed by atoms with Crippen molar-refractivity contribution in [3.63, 3.8) is 0 Å². The van der Waals surface area contributed by atoms with Gasteiger partial charge in [-0.05, 0) is 23.3 Å². The van der Waals surface area contributed by atoms with Crippen molar-refractivity contribution in [2.75, 3.05) is 6.54 Å². The number of halogens is 3. The molecule has 22 heavy (non-hydrogen) atoms. The molecule has 3 rings (SSSR count). The smallest absolute Gasteiger partial charge is 0.288 e. The number of aryl methyl sites for hydroxylation is 1. The Bertz CT molecular complexity index is 727. The maximum Gasteiger partial charge on any atom is 0.409 e. The van der Waals surface area contributed by atoms with Crippen LogP contribution in [0.2, 0.25) is 0 Å². The van der Waals surface area contributed by atoms with Gasteiger partial charge in [0.15, 0.2) is 6.04 Å². The third-order valence-electron chi connectivity index (χ3n) is 3.83. The molecule has 1 amide bonds. The summed E-state index contributed by atoms with van der Waals surface area (Å²) >= 11 is 0. The lowest BCUT2D eigenvalue weighted by atomic mass is 9.97. The fourth-order valence-electron chi connectivity index (χ4n) is 2.88. The van der Waals surface area contributed by atoms with Gasteiger partial charge in [0.25, 0.3) is 0 Å². The third kappa shape index (κ3) is 2.66. The fourth-order valence-corrected chi connectivity index (χ4v) is 2.88. The van der Waals surface area contributed by atoms with Crippen LogP contribution >= 0.6 is 0 Å². The average Bonchev–Trinajstić information content (AvgIpc) is 2.83. The highest BCUT2D eigenvalue weighted by molar-refractivity contribution is 5.87. The molecule has 1 saturated heterocycles. The predicted octanol–water partition coefficient (Wildman–Crippen LogP) is 3.49. The van der Waals surface area contributed by atoms with Crippen LogP contribution in [0.15, 0.2) is 36.4 Å². The molecular formula is C16H15F3N2O. The average molecular weight is 308 g/mol. The van der Waals surface area contributed by atoms with Gasteiger partial charge >= 0.3 is 6.18 Å². The summed E-state index contributed by atoms with van der Waals surface area (Å²) in [5.41, 5.74) is 3.46. The molecule has 1 unspecified atom stereocenters. The van der Waals surface area contributed by atoms with Gasteiger partial charge in [0.2, 0.25) is 5.91 Å². The van der Waals surface area contributed by atoms with E-state index in [1.807, 2.05) is 13.0 Å². The molecule has 1 atom stereocenters. The van der Waals surface area contributed by atoms with E-state index in [2.05, 4.69) is 5.43 Å². The van der Waals surface area contributed by atoms with Gasteiger partial charge in [0.05, 0.1) is 0 Å². The van der Waals surface area contributed by atoms with Gasteiger partial charge < -0.3 is 0 Å². The van der Waals surface area contributed by atoms with Crippen LogP contribution in [0.4, 0.5) is 13.2 Å². The number of carbonyl (C=O) groups excluding carboxylic acids is 1. The molecule has 2 aromatic rings. The van der Waals surface area contributed by atoms with E-state index in [1.165, 1.54) is 6.07 Å². The summed E-state index contributed by atoms with van der Waals surface area (Å²) in [7, 11) is 0. The predicted molar refractivity (Wildman–Crippen MR) is 76.9 cm³/mol. The highest BCUT2D eigenvalue weighted by Gasteiger charge is 2.47. The summed E-state index contributed by atoms with van der Waals surface area (Å²) in [6.07, 6.45) is -4.40. The largest absolute Gasteiger partial charge is 0.409 e. The van der Waals surface area contributed by atoms with Crippen LogP contribution in [-0.2, 0) is 4.79 Å². The van der Waals surface area contributed by atoms with Crippen molar-refractivity contribution in [2.45, 2.75) is 25.6 Å². The van der Waals surface area contributed by atoms with E-state index in [4.69, 9.17) is 0 Å². The van der Waals surface area contributed by atoms with E-state index in [1.54, 1.807) is 24.3 Å². The zero-order valence-corrected chi connectivity index (χ0v) is 11.9. The molecule has 3 nitrogen and oxygen atoms in total. The number of hydrazine groups is 1. The van der Waals surface area contributed by atoms with Gasteiger partial charge in [-0.25, -0.2) is 5.01 Å². The molecule has 1 fully saturated rings. The minimum atomic E-state index is -4.48. The summed E-state index contributed by atoms with van der Waals surface area (Å²) in [6.45, 7) is 1.94. The van der Waals surface area contributed by atoms with Crippen molar-refractivity contribution in [3.8, 4) is 0 Å². The van der Waals surface area contributed by atoms with Crippen molar-refractivity contribution in [1.29, 1.82) is 0 Å². The Morgan fingerprint density at radius 2 is 2.00 bits per heavy atom. The zero-order valence-electron chi connectivity index (χ0n) is 11.9. The number of hydrogen-bond acceptors (Lipinski definition) is 2. The van der Waals surface area contributed by atoms with Crippen molar-refractivity contribution >= 4 is 16.7 Å². The number of nitrogens with one attached hydrogen (secondary N) is 1. The monoisotopic (exact) mass is 308 g/mol. The highest BCUT2D eigenvalue weighted by Crippen LogP contribution is 2.40. The maximum absolute atomic E-state index is 13.6. The SMILES string of the molecule is Cc1ccc2c(C(N3CCC(=O)N3)C(F)(F)F)cccc2c1. The van der Waals surface area contributed by atoms with E-state index < -0.39 is 12.2 Å². The molecule has 2 aromatic carbocycles. The second-order valence-corrected chi connectivity index (χ2v) is 5.49. The molecule has 0 saturated carbocycles. The van der Waals surface area contributed by atoms with Crippen LogP contribution in [-0.4, -0.2) is 23.6 Å². The van der Waals surface area contributed by atoms with Crippen molar-refractivity contribution in [3.05, 3.63) is 47.5 Å². The van der Waals surface area contributed by atoms with Crippen molar-refractivity contribution in [2.24, 2.45) is 0 Å². The van der Waals surface area contributed by atoms with Crippen molar-refractivity contribution < 1.29 is 18.0 Å². The minimum absolute atomic E-state index is 0.0469. The van der Waals surface area contributed by atoms with E-state index in [-0.39, 0.29) is 24.4 Å². The molecule has 1 N–H and O–H groups in total. The topological polar surface area (TPSA) is 32.3 Å². The Balaban J connectivity index is 2.14. The molecule has 1 aliphatic heterocycles. The van der Waals surface area contributed by atoms with E-state index in [0.717, 1.165) is 16.0 Å². The molecular weight excluding hydrogens is 293 g/mol. The third-order valence-corrected chi connectivity index (χ3v) is 3.83. The van der Waals surface area contributed by atoms with Crippen LogP contribution in [0.25, 0.3) is 10.8 Å². The molecule has 0 bridgehead atoms. The number of carbonyl (C=O) groups is 1. The van der Waals surface area contributed by atoms with Crippen molar-refractivity contribution in [1.82, 2.24) is 10.4 Å². The molecule has 116 valence electrons. The second-order valence-electron chi connectivity index (χ2n) is 5.49. The van der Waals surface area contributed by atoms with Crippen LogP contribution < -0.4 is 5.43 Å². The highest BCUT2D eigenvalue weighted by atomic mass is 19.4. The number of benzene rings is 2. The van der Waals surface area contributed by atoms with Gasteiger partial charge in [-0.15, -0.1) is 0 Å². The lowest BCUT2D eigenvalue weighted by Gasteiger charge is -2.30. The first kappa shape index (κ1) is 14.8. The summed E-state index contributed by atoms with van der Waals surface area (Å²) in [5.74, 6) is -0.384. The summed E-state index contributed by atoms with van der Waals surface area (Å²) in [6, 6.07) is 8.40. The van der Waals surface area contributed by atoms with Gasteiger partial charge in [-0.2, -0.15) is 13.2 Å². The van der Waals surface area contributed by atoms with Gasteiger partial charge in [-0.3, -0.25) is 10.2 Å². The molecule has 0 spiro atoms. The van der Waals surface area contributed by atoms with Crippen LogP contribution in [0.1, 0.15) is 23.6 Å². The molecule has 0 aromatic heterocycles. The molecule has 1 aliphatic rings. The molecule has 6 heteroatoms. The van der Waals surface area contributed by atoms with E-state index in [9.17, 15) is 18.0 Å². The standard InChI is InChI=1S/C16H15F3N2O/c1-10-5-6-12-11(9-10)3-2-4-13(12)15(16(17,18)19)21-8-7-14(22)20-21/h2-6,9,15H,7-8H2,1H3,(H,20,22). The lowest BCUT2D eigenvalue weighted by molar-refractivity contribution is -0.190. The Morgan fingerprint density at radius 1 is 1.23 bits per heavy atom. The number of fused-ring (bicyclic) bond motifs is 1. The summed E-state index contributed by atoms with van der Waals surface area (Å²) in [4.78, 5) is 11.3. The minimum Gasteiger partial charge on any atom is -0.288 e. The van der Waals surface area contributed by atoms with Crippen LogP contribution in [0, 0.1) is 6.92 Å². The van der Waals surface area contributed by atoms with E-state index in [0.29, 0.717) is 5.39 Å². The molecule has 0 aliphatic carbocycles. The normalized spacial score (nSPS) is 17.7. The maximum atomic E-state index is 13.6. The Hall–Kier alpha value is -2.08. The Kier molecular flexibility index (Phi) is 3.56. The Morgan fingerprint density at radius 3 is 2.64 bits per heavy atom. The zero-order chi connectivity index (χ0) is 15.9. The number of alkyl halides is 3. The summed E-state index contributed by atoms with van der Waals surface area (Å²) < 4.78 is 40.8.